The fraction of sp³-hybridized carbons (Fsp3) is 0.800. The van der Waals surface area contributed by atoms with E-state index in [1.54, 1.807) is 6.92 Å². The summed E-state index contributed by atoms with van der Waals surface area (Å²) in [5.74, 6) is -0.286. The van der Waals surface area contributed by atoms with Crippen LogP contribution in [0.15, 0.2) is 11.1 Å². The zero-order valence-corrected chi connectivity index (χ0v) is 12.8. The molecule has 0 fully saturated rings. The first-order valence-electron chi connectivity index (χ1n) is 6.87. The van der Waals surface area contributed by atoms with Gasteiger partial charge in [0.15, 0.2) is 0 Å². The van der Waals surface area contributed by atoms with Crippen molar-refractivity contribution in [1.82, 2.24) is 0 Å². The van der Waals surface area contributed by atoms with Gasteiger partial charge in [-0.15, -0.1) is 0 Å². The zero-order chi connectivity index (χ0) is 14.3. The van der Waals surface area contributed by atoms with E-state index in [0.29, 0.717) is 0 Å². The Morgan fingerprint density at radius 1 is 1.28 bits per heavy atom. The first kappa shape index (κ1) is 17.2. The van der Waals surface area contributed by atoms with Crippen LogP contribution in [0.4, 0.5) is 0 Å². The molecule has 0 radical (unpaired) electrons. The van der Waals surface area contributed by atoms with E-state index in [4.69, 9.17) is 10.5 Å². The quantitative estimate of drug-likeness (QED) is 0.340. The number of allylic oxidation sites excluding steroid dienone is 1. The minimum absolute atomic E-state index is 0.00528. The molecular weight excluding hydrogens is 226 g/mol. The van der Waals surface area contributed by atoms with Crippen molar-refractivity contribution in [2.75, 3.05) is 0 Å². The molecule has 18 heavy (non-hydrogen) atoms. The SMILES string of the molecule is CCCCC/C(=C(/C)C(=O)OC(C)N)C(C)(C)C. The maximum atomic E-state index is 11.9. The Kier molecular flexibility index (Phi) is 7.22. The first-order chi connectivity index (χ1) is 8.20. The lowest BCUT2D eigenvalue weighted by Crippen LogP contribution is -2.25. The van der Waals surface area contributed by atoms with E-state index >= 15 is 0 Å². The number of carbonyl (C=O) groups is 1. The van der Waals surface area contributed by atoms with Crippen molar-refractivity contribution >= 4 is 5.97 Å². The van der Waals surface area contributed by atoms with Gasteiger partial charge in [-0.1, -0.05) is 46.1 Å². The molecule has 0 spiro atoms. The van der Waals surface area contributed by atoms with E-state index in [0.717, 1.165) is 18.4 Å². The fourth-order valence-electron chi connectivity index (χ4n) is 2.06. The zero-order valence-electron chi connectivity index (χ0n) is 12.8. The lowest BCUT2D eigenvalue weighted by Gasteiger charge is -2.25. The third-order valence-corrected chi connectivity index (χ3v) is 2.99. The molecule has 0 heterocycles. The highest BCUT2D eigenvalue weighted by Gasteiger charge is 2.23. The molecule has 0 aromatic rings. The van der Waals surface area contributed by atoms with Crippen LogP contribution in [0.5, 0.6) is 0 Å². The summed E-state index contributed by atoms with van der Waals surface area (Å²) in [5, 5.41) is 0. The summed E-state index contributed by atoms with van der Waals surface area (Å²) in [6, 6.07) is 0. The van der Waals surface area contributed by atoms with Crippen LogP contribution in [0.3, 0.4) is 0 Å². The molecule has 0 rings (SSSR count). The van der Waals surface area contributed by atoms with Gasteiger partial charge in [-0.3, -0.25) is 5.73 Å². The first-order valence-corrected chi connectivity index (χ1v) is 6.87. The Morgan fingerprint density at radius 2 is 1.83 bits per heavy atom. The monoisotopic (exact) mass is 255 g/mol. The van der Waals surface area contributed by atoms with Crippen molar-refractivity contribution in [2.45, 2.75) is 73.5 Å². The largest absolute Gasteiger partial charge is 0.444 e. The van der Waals surface area contributed by atoms with Crippen LogP contribution in [0.1, 0.15) is 67.2 Å². The number of carbonyl (C=O) groups excluding carboxylic acids is 1. The molecule has 106 valence electrons. The highest BCUT2D eigenvalue weighted by molar-refractivity contribution is 5.89. The van der Waals surface area contributed by atoms with Crippen molar-refractivity contribution in [3.63, 3.8) is 0 Å². The predicted octanol–water partition coefficient (Wildman–Crippen LogP) is 3.78. The summed E-state index contributed by atoms with van der Waals surface area (Å²) >= 11 is 0. The molecule has 0 aromatic carbocycles. The fourth-order valence-corrected chi connectivity index (χ4v) is 2.06. The van der Waals surface area contributed by atoms with Gasteiger partial charge in [-0.05, 0) is 32.1 Å². The van der Waals surface area contributed by atoms with Gasteiger partial charge in [0.05, 0.1) is 0 Å². The molecule has 3 heteroatoms. The van der Waals surface area contributed by atoms with Crippen LogP contribution in [0.2, 0.25) is 0 Å². The molecule has 0 aliphatic rings. The summed E-state index contributed by atoms with van der Waals surface area (Å²) in [4.78, 5) is 11.9. The lowest BCUT2D eigenvalue weighted by atomic mass is 9.80. The van der Waals surface area contributed by atoms with Gasteiger partial charge in [0.2, 0.25) is 0 Å². The molecule has 0 amide bonds. The van der Waals surface area contributed by atoms with Gasteiger partial charge in [0, 0.05) is 5.57 Å². The van der Waals surface area contributed by atoms with Gasteiger partial charge in [-0.2, -0.15) is 0 Å². The number of unbranched alkanes of at least 4 members (excludes halogenated alkanes) is 2. The van der Waals surface area contributed by atoms with Crippen LogP contribution in [0, 0.1) is 5.41 Å². The van der Waals surface area contributed by atoms with Gasteiger partial charge in [0.1, 0.15) is 6.23 Å². The average molecular weight is 255 g/mol. The van der Waals surface area contributed by atoms with Gasteiger partial charge < -0.3 is 4.74 Å². The Balaban J connectivity index is 4.96. The molecule has 1 unspecified atom stereocenters. The van der Waals surface area contributed by atoms with E-state index in [1.807, 2.05) is 6.92 Å². The molecule has 0 saturated heterocycles. The van der Waals surface area contributed by atoms with Gasteiger partial charge >= 0.3 is 5.97 Å². The molecule has 2 N–H and O–H groups in total. The van der Waals surface area contributed by atoms with Crippen molar-refractivity contribution in [3.05, 3.63) is 11.1 Å². The predicted molar refractivity (Wildman–Crippen MR) is 76.0 cm³/mol. The van der Waals surface area contributed by atoms with E-state index in [1.165, 1.54) is 18.4 Å². The molecular formula is C15H29NO2. The van der Waals surface area contributed by atoms with Crippen LogP contribution in [-0.2, 0) is 9.53 Å². The van der Waals surface area contributed by atoms with Gasteiger partial charge in [0.25, 0.3) is 0 Å². The normalized spacial score (nSPS) is 15.1. The topological polar surface area (TPSA) is 52.3 Å². The molecule has 0 saturated carbocycles. The van der Waals surface area contributed by atoms with Crippen LogP contribution in [0.25, 0.3) is 0 Å². The Bertz CT molecular complexity index is 298. The third kappa shape index (κ3) is 6.20. The summed E-state index contributed by atoms with van der Waals surface area (Å²) in [7, 11) is 0. The third-order valence-electron chi connectivity index (χ3n) is 2.99. The number of esters is 1. The molecule has 1 atom stereocenters. The van der Waals surface area contributed by atoms with Crippen molar-refractivity contribution in [2.24, 2.45) is 11.1 Å². The van der Waals surface area contributed by atoms with Crippen molar-refractivity contribution in [1.29, 1.82) is 0 Å². The Morgan fingerprint density at radius 3 is 2.22 bits per heavy atom. The number of nitrogens with two attached hydrogens (primary N) is 1. The van der Waals surface area contributed by atoms with Crippen molar-refractivity contribution < 1.29 is 9.53 Å². The van der Waals surface area contributed by atoms with E-state index in [-0.39, 0.29) is 11.4 Å². The van der Waals surface area contributed by atoms with E-state index in [2.05, 4.69) is 27.7 Å². The summed E-state index contributed by atoms with van der Waals surface area (Å²) in [5.41, 5.74) is 7.39. The average Bonchev–Trinajstić information content (AvgIpc) is 2.20. The van der Waals surface area contributed by atoms with Crippen LogP contribution < -0.4 is 5.73 Å². The smallest absolute Gasteiger partial charge is 0.335 e. The molecule has 0 aliphatic heterocycles. The standard InChI is InChI=1S/C15H29NO2/c1-7-8-9-10-13(15(4,5)6)11(2)14(17)18-12(3)16/h12H,7-10,16H2,1-6H3/b13-11+. The molecule has 0 aromatic heterocycles. The minimum atomic E-state index is -0.552. The second-order valence-corrected chi connectivity index (χ2v) is 5.92. The Labute approximate surface area is 112 Å². The molecule has 0 aliphatic carbocycles. The lowest BCUT2D eigenvalue weighted by molar-refractivity contribution is -0.143. The number of hydrogen-bond acceptors (Lipinski definition) is 3. The molecule has 0 bridgehead atoms. The second-order valence-electron chi connectivity index (χ2n) is 5.92. The maximum absolute atomic E-state index is 11.9. The maximum Gasteiger partial charge on any atom is 0.335 e. The minimum Gasteiger partial charge on any atom is -0.444 e. The second kappa shape index (κ2) is 7.57. The van der Waals surface area contributed by atoms with Crippen molar-refractivity contribution in [3.8, 4) is 0 Å². The summed E-state index contributed by atoms with van der Waals surface area (Å²) < 4.78 is 5.08. The highest BCUT2D eigenvalue weighted by Crippen LogP contribution is 2.32. The van der Waals surface area contributed by atoms with Crippen LogP contribution >= 0.6 is 0 Å². The number of rotatable bonds is 6. The molecule has 3 nitrogen and oxygen atoms in total. The van der Waals surface area contributed by atoms with Crippen LogP contribution in [-0.4, -0.2) is 12.2 Å². The highest BCUT2D eigenvalue weighted by atomic mass is 16.6. The summed E-state index contributed by atoms with van der Waals surface area (Å²) in [6.45, 7) is 12.1. The van der Waals surface area contributed by atoms with E-state index in [9.17, 15) is 4.79 Å². The van der Waals surface area contributed by atoms with Gasteiger partial charge in [-0.25, -0.2) is 4.79 Å². The Hall–Kier alpha value is -0.830. The number of hydrogen-bond donors (Lipinski definition) is 1. The number of ether oxygens (including phenoxy) is 1. The van der Waals surface area contributed by atoms with E-state index < -0.39 is 6.23 Å². The summed E-state index contributed by atoms with van der Waals surface area (Å²) in [6.07, 6.45) is 3.89.